The molecule has 2 heterocycles. The highest BCUT2D eigenvalue weighted by molar-refractivity contribution is 5.95. The molecule has 1 saturated heterocycles. The maximum Gasteiger partial charge on any atom is 0.195 e. The van der Waals surface area contributed by atoms with Gasteiger partial charge in [0.1, 0.15) is 11.4 Å². The third-order valence-electron chi connectivity index (χ3n) is 6.73. The predicted molar refractivity (Wildman–Crippen MR) is 99.0 cm³/mol. The average molecular weight is 358 g/mol. The van der Waals surface area contributed by atoms with Crippen molar-refractivity contribution in [3.05, 3.63) is 24.0 Å². The third-order valence-corrected chi connectivity index (χ3v) is 6.73. The number of aliphatic hydroxyl groups is 1. The molecule has 0 bridgehead atoms. The number of fused-ring (bicyclic) bond motifs is 1. The van der Waals surface area contributed by atoms with Gasteiger partial charge >= 0.3 is 0 Å². The summed E-state index contributed by atoms with van der Waals surface area (Å²) in [7, 11) is 0. The lowest BCUT2D eigenvalue weighted by atomic mass is 9.79. The Kier molecular flexibility index (Phi) is 5.02. The lowest BCUT2D eigenvalue weighted by molar-refractivity contribution is 0.00622. The maximum atomic E-state index is 12.4. The van der Waals surface area contributed by atoms with Crippen molar-refractivity contribution in [1.82, 2.24) is 9.88 Å². The molecule has 142 valence electrons. The molecule has 26 heavy (non-hydrogen) atoms. The first-order chi connectivity index (χ1) is 12.5. The molecule has 0 radical (unpaired) electrons. The number of aromatic nitrogens is 1. The lowest BCUT2D eigenvalue weighted by Crippen LogP contribution is -2.34. The highest BCUT2D eigenvalue weighted by Crippen LogP contribution is 2.47. The summed E-state index contributed by atoms with van der Waals surface area (Å²) in [6.45, 7) is 2.19. The van der Waals surface area contributed by atoms with E-state index in [1.54, 1.807) is 6.07 Å². The van der Waals surface area contributed by atoms with Crippen LogP contribution in [0.2, 0.25) is 0 Å². The molecule has 0 aromatic carbocycles. The second kappa shape index (κ2) is 7.28. The lowest BCUT2D eigenvalue weighted by Gasteiger charge is -2.32. The molecular weight excluding hydrogens is 328 g/mol. The summed E-state index contributed by atoms with van der Waals surface area (Å²) in [6, 6.07) is 3.09. The van der Waals surface area contributed by atoms with Crippen LogP contribution in [0.4, 0.5) is 0 Å². The molecule has 4 rings (SSSR count). The fourth-order valence-electron chi connectivity index (χ4n) is 5.62. The van der Waals surface area contributed by atoms with Crippen LogP contribution in [0.15, 0.2) is 18.3 Å². The average Bonchev–Trinajstić information content (AvgIpc) is 3.10. The summed E-state index contributed by atoms with van der Waals surface area (Å²) in [5, 5.41) is 20.4. The number of carbonyl (C=O) groups excluding carboxylic acids is 1. The molecule has 1 aromatic rings. The Morgan fingerprint density at radius 3 is 2.46 bits per heavy atom. The van der Waals surface area contributed by atoms with Crippen LogP contribution in [0.25, 0.3) is 0 Å². The molecule has 0 spiro atoms. The van der Waals surface area contributed by atoms with Crippen LogP contribution in [0, 0.1) is 17.8 Å². The zero-order valence-electron chi connectivity index (χ0n) is 15.4. The van der Waals surface area contributed by atoms with Crippen molar-refractivity contribution in [2.75, 3.05) is 19.6 Å². The van der Waals surface area contributed by atoms with Gasteiger partial charge in [0, 0.05) is 13.1 Å². The van der Waals surface area contributed by atoms with Gasteiger partial charge < -0.3 is 10.2 Å². The zero-order valence-corrected chi connectivity index (χ0v) is 15.4. The first kappa shape index (κ1) is 17.9. The standard InChI is InChI=1S/C21H30N2O3/c24-18-6-7-19(22-11-18)20(25)14-23-12-16-9-21(26,10-17(16)13-23)8-15-4-2-1-3-5-15/h6-7,11,15-17,24,26H,1-5,8-10,12-14H2/t16-,17+,21-. The number of hydrogen-bond donors (Lipinski definition) is 2. The molecule has 5 heteroatoms. The quantitative estimate of drug-likeness (QED) is 0.792. The van der Waals surface area contributed by atoms with E-state index in [1.165, 1.54) is 44.4 Å². The van der Waals surface area contributed by atoms with E-state index in [4.69, 9.17) is 0 Å². The molecular formula is C21H30N2O3. The van der Waals surface area contributed by atoms with Crippen molar-refractivity contribution >= 4 is 5.78 Å². The summed E-state index contributed by atoms with van der Waals surface area (Å²) in [5.74, 6) is 1.83. The minimum absolute atomic E-state index is 0.00226. The maximum absolute atomic E-state index is 12.4. The fourth-order valence-corrected chi connectivity index (χ4v) is 5.62. The molecule has 3 aliphatic rings. The number of nitrogens with zero attached hydrogens (tertiary/aromatic N) is 2. The zero-order chi connectivity index (χ0) is 18.1. The van der Waals surface area contributed by atoms with E-state index in [0.29, 0.717) is 30.0 Å². The molecule has 1 aromatic heterocycles. The number of rotatable bonds is 5. The number of Topliss-reactive ketones (excluding diaryl/α,β-unsaturated/α-hetero) is 1. The van der Waals surface area contributed by atoms with Gasteiger partial charge in [-0.3, -0.25) is 9.69 Å². The summed E-state index contributed by atoms with van der Waals surface area (Å²) in [4.78, 5) is 18.6. The molecule has 2 N–H and O–H groups in total. The highest BCUT2D eigenvalue weighted by Gasteiger charge is 2.48. The van der Waals surface area contributed by atoms with E-state index < -0.39 is 5.60 Å². The van der Waals surface area contributed by atoms with Crippen molar-refractivity contribution < 1.29 is 15.0 Å². The fraction of sp³-hybridized carbons (Fsp3) is 0.714. The molecule has 0 unspecified atom stereocenters. The second-order valence-corrected chi connectivity index (χ2v) is 8.88. The number of aromatic hydroxyl groups is 1. The summed E-state index contributed by atoms with van der Waals surface area (Å²) >= 11 is 0. The van der Waals surface area contributed by atoms with Gasteiger partial charge in [-0.1, -0.05) is 32.1 Å². The number of pyridine rings is 1. The first-order valence-electron chi connectivity index (χ1n) is 10.1. The largest absolute Gasteiger partial charge is 0.506 e. The van der Waals surface area contributed by atoms with Crippen LogP contribution in [-0.4, -0.2) is 51.1 Å². The number of carbonyl (C=O) groups is 1. The van der Waals surface area contributed by atoms with Gasteiger partial charge in [-0.2, -0.15) is 0 Å². The minimum atomic E-state index is -0.466. The van der Waals surface area contributed by atoms with Gasteiger partial charge in [0.15, 0.2) is 5.78 Å². The summed E-state index contributed by atoms with van der Waals surface area (Å²) in [5.41, 5.74) is -0.0555. The Bertz CT molecular complexity index is 625. The Labute approximate surface area is 155 Å². The van der Waals surface area contributed by atoms with Crippen LogP contribution >= 0.6 is 0 Å². The molecule has 3 atom stereocenters. The van der Waals surface area contributed by atoms with Gasteiger partial charge in [-0.25, -0.2) is 4.98 Å². The van der Waals surface area contributed by atoms with Crippen LogP contribution in [0.3, 0.4) is 0 Å². The summed E-state index contributed by atoms with van der Waals surface area (Å²) in [6.07, 6.45) is 10.7. The monoisotopic (exact) mass is 358 g/mol. The topological polar surface area (TPSA) is 73.7 Å². The first-order valence-corrected chi connectivity index (χ1v) is 10.1. The minimum Gasteiger partial charge on any atom is -0.506 e. The van der Waals surface area contributed by atoms with Crippen molar-refractivity contribution in [3.63, 3.8) is 0 Å². The van der Waals surface area contributed by atoms with Crippen molar-refractivity contribution in [2.24, 2.45) is 17.8 Å². The van der Waals surface area contributed by atoms with Gasteiger partial charge in [-0.15, -0.1) is 0 Å². The van der Waals surface area contributed by atoms with Crippen LogP contribution < -0.4 is 0 Å². The van der Waals surface area contributed by atoms with E-state index in [0.717, 1.165) is 32.4 Å². The van der Waals surface area contributed by atoms with Gasteiger partial charge in [0.05, 0.1) is 18.3 Å². The van der Waals surface area contributed by atoms with Gasteiger partial charge in [0.2, 0.25) is 0 Å². The Morgan fingerprint density at radius 1 is 1.15 bits per heavy atom. The highest BCUT2D eigenvalue weighted by atomic mass is 16.3. The van der Waals surface area contributed by atoms with Crippen molar-refractivity contribution in [1.29, 1.82) is 0 Å². The van der Waals surface area contributed by atoms with Gasteiger partial charge in [-0.05, 0) is 49.1 Å². The molecule has 0 amide bonds. The van der Waals surface area contributed by atoms with Crippen molar-refractivity contribution in [3.8, 4) is 5.75 Å². The van der Waals surface area contributed by atoms with Crippen LogP contribution in [0.5, 0.6) is 5.75 Å². The Balaban J connectivity index is 1.29. The summed E-state index contributed by atoms with van der Waals surface area (Å²) < 4.78 is 0. The van der Waals surface area contributed by atoms with E-state index in [9.17, 15) is 15.0 Å². The number of hydrogen-bond acceptors (Lipinski definition) is 5. The Morgan fingerprint density at radius 2 is 1.85 bits per heavy atom. The van der Waals surface area contributed by atoms with Crippen molar-refractivity contribution in [2.45, 2.75) is 57.0 Å². The third kappa shape index (κ3) is 3.94. The van der Waals surface area contributed by atoms with E-state index in [-0.39, 0.29) is 11.5 Å². The van der Waals surface area contributed by atoms with E-state index in [1.807, 2.05) is 0 Å². The molecule has 2 saturated carbocycles. The number of ketones is 1. The molecule has 2 aliphatic carbocycles. The number of likely N-dealkylation sites (tertiary alicyclic amines) is 1. The normalized spacial score (nSPS) is 32.7. The SMILES string of the molecule is O=C(CN1C[C@@H]2C[C@@](O)(CC3CCCCC3)C[C@@H]2C1)c1ccc(O)cn1. The molecule has 3 fully saturated rings. The second-order valence-electron chi connectivity index (χ2n) is 8.88. The van der Waals surface area contributed by atoms with Crippen LogP contribution in [0.1, 0.15) is 61.9 Å². The predicted octanol–water partition coefficient (Wildman–Crippen LogP) is 3.01. The molecule has 5 nitrogen and oxygen atoms in total. The van der Waals surface area contributed by atoms with E-state index in [2.05, 4.69) is 9.88 Å². The smallest absolute Gasteiger partial charge is 0.195 e. The van der Waals surface area contributed by atoms with Gasteiger partial charge in [0.25, 0.3) is 0 Å². The molecule has 1 aliphatic heterocycles. The van der Waals surface area contributed by atoms with E-state index >= 15 is 0 Å². The Hall–Kier alpha value is -1.46. The van der Waals surface area contributed by atoms with Crippen LogP contribution in [-0.2, 0) is 0 Å².